The molecule has 3 aromatic rings. The number of anilines is 1. The zero-order valence-corrected chi connectivity index (χ0v) is 18.1. The maximum Gasteiger partial charge on any atom is 0.251 e. The lowest BCUT2D eigenvalue weighted by molar-refractivity contribution is 0.122. The Kier molecular flexibility index (Phi) is 5.27. The molecule has 0 bridgehead atoms. The van der Waals surface area contributed by atoms with Crippen LogP contribution in [-0.4, -0.2) is 35.9 Å². The molecular formula is C24H22BrN3O2. The molecule has 3 heterocycles. The van der Waals surface area contributed by atoms with Gasteiger partial charge < -0.3 is 14.2 Å². The summed E-state index contributed by atoms with van der Waals surface area (Å²) in [4.78, 5) is 19.8. The molecule has 0 amide bonds. The van der Waals surface area contributed by atoms with Crippen LogP contribution in [0.25, 0.3) is 5.57 Å². The van der Waals surface area contributed by atoms with Crippen LogP contribution in [0.15, 0.2) is 70.2 Å². The fourth-order valence-corrected chi connectivity index (χ4v) is 4.31. The second kappa shape index (κ2) is 8.20. The summed E-state index contributed by atoms with van der Waals surface area (Å²) < 4.78 is 8.24. The summed E-state index contributed by atoms with van der Waals surface area (Å²) in [6, 6.07) is 14.0. The molecule has 1 aliphatic carbocycles. The van der Waals surface area contributed by atoms with Crippen LogP contribution in [0, 0.1) is 0 Å². The molecular weight excluding hydrogens is 442 g/mol. The van der Waals surface area contributed by atoms with Gasteiger partial charge in [-0.05, 0) is 41.0 Å². The van der Waals surface area contributed by atoms with E-state index in [1.807, 2.05) is 42.7 Å². The van der Waals surface area contributed by atoms with E-state index in [2.05, 4.69) is 33.0 Å². The van der Waals surface area contributed by atoms with Gasteiger partial charge in [0.1, 0.15) is 0 Å². The number of benzene rings is 1. The van der Waals surface area contributed by atoms with Crippen molar-refractivity contribution < 1.29 is 4.74 Å². The van der Waals surface area contributed by atoms with E-state index in [4.69, 9.17) is 9.72 Å². The summed E-state index contributed by atoms with van der Waals surface area (Å²) in [5.74, 6) is 0. The number of pyridine rings is 2. The van der Waals surface area contributed by atoms with Gasteiger partial charge in [-0.1, -0.05) is 34.1 Å². The number of hydrogen-bond acceptors (Lipinski definition) is 4. The van der Waals surface area contributed by atoms with Gasteiger partial charge in [0.25, 0.3) is 5.56 Å². The molecule has 6 heteroatoms. The molecule has 0 radical (unpaired) electrons. The minimum absolute atomic E-state index is 0.00191. The number of halogens is 1. The van der Waals surface area contributed by atoms with E-state index < -0.39 is 0 Å². The van der Waals surface area contributed by atoms with E-state index in [0.717, 1.165) is 70.8 Å². The van der Waals surface area contributed by atoms with E-state index in [-0.39, 0.29) is 5.56 Å². The Bertz CT molecular complexity index is 1160. The van der Waals surface area contributed by atoms with Crippen molar-refractivity contribution in [2.24, 2.45) is 0 Å². The highest BCUT2D eigenvalue weighted by Gasteiger charge is 2.20. The van der Waals surface area contributed by atoms with Gasteiger partial charge in [-0.15, -0.1) is 0 Å². The smallest absolute Gasteiger partial charge is 0.251 e. The number of fused-ring (bicyclic) bond motifs is 1. The number of ether oxygens (including phenoxy) is 1. The highest BCUT2D eigenvalue weighted by molar-refractivity contribution is 9.10. The van der Waals surface area contributed by atoms with Gasteiger partial charge >= 0.3 is 0 Å². The molecule has 1 aromatic carbocycles. The molecule has 1 fully saturated rings. The van der Waals surface area contributed by atoms with Crippen molar-refractivity contribution in [2.45, 2.75) is 13.0 Å². The highest BCUT2D eigenvalue weighted by atomic mass is 79.9. The number of aromatic nitrogens is 2. The predicted octanol–water partition coefficient (Wildman–Crippen LogP) is 3.88. The number of allylic oxidation sites excluding steroid dienone is 1. The molecule has 152 valence electrons. The van der Waals surface area contributed by atoms with Crippen LogP contribution in [0.2, 0.25) is 0 Å². The van der Waals surface area contributed by atoms with Crippen LogP contribution in [0.3, 0.4) is 0 Å². The lowest BCUT2D eigenvalue weighted by Crippen LogP contribution is -2.36. The molecule has 1 saturated heterocycles. The molecule has 0 N–H and O–H groups in total. The first-order valence-corrected chi connectivity index (χ1v) is 10.9. The molecule has 0 unspecified atom stereocenters. The molecule has 30 heavy (non-hydrogen) atoms. The van der Waals surface area contributed by atoms with Gasteiger partial charge in [0.15, 0.2) is 0 Å². The maximum absolute atomic E-state index is 12.8. The lowest BCUT2D eigenvalue weighted by atomic mass is 10.0. The van der Waals surface area contributed by atoms with Crippen LogP contribution in [0.1, 0.15) is 22.4 Å². The van der Waals surface area contributed by atoms with Crippen LogP contribution in [0.4, 0.5) is 5.69 Å². The Morgan fingerprint density at radius 1 is 1.07 bits per heavy atom. The van der Waals surface area contributed by atoms with Crippen molar-refractivity contribution in [3.8, 4) is 0 Å². The Hall–Kier alpha value is -2.70. The second-order valence-electron chi connectivity index (χ2n) is 7.62. The summed E-state index contributed by atoms with van der Waals surface area (Å²) in [6.45, 7) is 3.81. The molecule has 0 saturated carbocycles. The highest BCUT2D eigenvalue weighted by Crippen LogP contribution is 2.33. The van der Waals surface area contributed by atoms with Gasteiger partial charge in [0, 0.05) is 41.8 Å². The summed E-state index contributed by atoms with van der Waals surface area (Å²) in [5.41, 5.74) is 6.46. The maximum atomic E-state index is 12.8. The van der Waals surface area contributed by atoms with Crippen molar-refractivity contribution in [3.05, 3.63) is 98.1 Å². The topological polar surface area (TPSA) is 47.4 Å². The molecule has 2 aliphatic rings. The van der Waals surface area contributed by atoms with Gasteiger partial charge in [0.05, 0.1) is 37.3 Å². The summed E-state index contributed by atoms with van der Waals surface area (Å²) in [5, 5.41) is 0. The zero-order valence-electron chi connectivity index (χ0n) is 16.6. The van der Waals surface area contributed by atoms with Gasteiger partial charge in [-0.25, -0.2) is 0 Å². The fraction of sp³-hybridized carbons (Fsp3) is 0.250. The van der Waals surface area contributed by atoms with E-state index in [0.29, 0.717) is 6.54 Å². The van der Waals surface area contributed by atoms with Gasteiger partial charge in [0.2, 0.25) is 0 Å². The monoisotopic (exact) mass is 463 g/mol. The van der Waals surface area contributed by atoms with E-state index in [9.17, 15) is 4.79 Å². The van der Waals surface area contributed by atoms with Crippen molar-refractivity contribution in [3.63, 3.8) is 0 Å². The van der Waals surface area contributed by atoms with E-state index in [1.54, 1.807) is 10.6 Å². The van der Waals surface area contributed by atoms with Crippen molar-refractivity contribution in [1.29, 1.82) is 0 Å². The first-order chi connectivity index (χ1) is 14.7. The van der Waals surface area contributed by atoms with E-state index in [1.165, 1.54) is 0 Å². The minimum Gasteiger partial charge on any atom is -0.378 e. The van der Waals surface area contributed by atoms with Gasteiger partial charge in [-0.3, -0.25) is 9.78 Å². The largest absolute Gasteiger partial charge is 0.378 e. The summed E-state index contributed by atoms with van der Waals surface area (Å²) >= 11 is 3.45. The molecule has 5 nitrogen and oxygen atoms in total. The van der Waals surface area contributed by atoms with Gasteiger partial charge in [-0.2, -0.15) is 0 Å². The first kappa shape index (κ1) is 19.3. The molecule has 2 aromatic heterocycles. The quantitative estimate of drug-likeness (QED) is 0.588. The zero-order chi connectivity index (χ0) is 20.5. The van der Waals surface area contributed by atoms with Crippen molar-refractivity contribution >= 4 is 27.2 Å². The average Bonchev–Trinajstić information content (AvgIpc) is 3.20. The normalized spacial score (nSPS) is 15.8. The first-order valence-electron chi connectivity index (χ1n) is 10.1. The van der Waals surface area contributed by atoms with Crippen LogP contribution in [-0.2, 0) is 17.7 Å². The predicted molar refractivity (Wildman–Crippen MR) is 122 cm³/mol. The molecule has 1 aliphatic heterocycles. The SMILES string of the molecule is O=c1cc(C2=CCc3ncc(N4CCOCC4)cc32)ccn1Cc1ccc(Br)cc1. The molecule has 0 atom stereocenters. The van der Waals surface area contributed by atoms with Crippen molar-refractivity contribution in [1.82, 2.24) is 9.55 Å². The van der Waals surface area contributed by atoms with Crippen LogP contribution < -0.4 is 10.5 Å². The molecule has 5 rings (SSSR count). The lowest BCUT2D eigenvalue weighted by Gasteiger charge is -2.29. The Morgan fingerprint density at radius 2 is 1.87 bits per heavy atom. The Morgan fingerprint density at radius 3 is 2.63 bits per heavy atom. The van der Waals surface area contributed by atoms with Crippen molar-refractivity contribution in [2.75, 3.05) is 31.2 Å². The summed E-state index contributed by atoms with van der Waals surface area (Å²) in [6.07, 6.45) is 6.82. The fourth-order valence-electron chi connectivity index (χ4n) is 4.05. The Labute approximate surface area is 183 Å². The number of rotatable bonds is 4. The summed E-state index contributed by atoms with van der Waals surface area (Å²) in [7, 11) is 0. The Balaban J connectivity index is 1.41. The standard InChI is InChI=1S/C24H22BrN3O2/c25-19-3-1-17(2-4-19)16-28-8-7-18(13-24(28)29)21-5-6-23-22(21)14-20(15-26-23)27-9-11-30-12-10-27/h1-5,7-8,13-15H,6,9-12,16H2. The number of hydrogen-bond donors (Lipinski definition) is 0. The third-order valence-corrected chi connectivity index (χ3v) is 6.22. The van der Waals surface area contributed by atoms with Crippen LogP contribution >= 0.6 is 15.9 Å². The number of morpholine rings is 1. The number of nitrogens with zero attached hydrogens (tertiary/aromatic N) is 3. The third-order valence-electron chi connectivity index (χ3n) is 5.69. The second-order valence-corrected chi connectivity index (χ2v) is 8.53. The third kappa shape index (κ3) is 3.85. The minimum atomic E-state index is 0.00191. The molecule has 0 spiro atoms. The van der Waals surface area contributed by atoms with Crippen LogP contribution in [0.5, 0.6) is 0 Å². The van der Waals surface area contributed by atoms with E-state index >= 15 is 0 Å². The average molecular weight is 464 g/mol.